The minimum absolute atomic E-state index is 0.0379. The molecule has 2 N–H and O–H groups in total. The van der Waals surface area contributed by atoms with Crippen molar-refractivity contribution in [1.29, 1.82) is 0 Å². The number of fused-ring (bicyclic) bond motifs is 1. The highest BCUT2D eigenvalue weighted by atomic mass is 35.5. The normalized spacial score (nSPS) is 13.3. The van der Waals surface area contributed by atoms with E-state index >= 15 is 0 Å². The molecule has 0 unspecified atom stereocenters. The molecule has 0 bridgehead atoms. The van der Waals surface area contributed by atoms with Crippen molar-refractivity contribution in [2.24, 2.45) is 4.99 Å². The van der Waals surface area contributed by atoms with Crippen LogP contribution >= 0.6 is 35.0 Å². The number of anilines is 1. The molecule has 0 saturated carbocycles. The summed E-state index contributed by atoms with van der Waals surface area (Å²) in [7, 11) is 0. The topological polar surface area (TPSA) is 79.5 Å². The summed E-state index contributed by atoms with van der Waals surface area (Å²) in [6.45, 7) is 0. The van der Waals surface area contributed by atoms with Crippen LogP contribution in [0, 0.1) is 0 Å². The number of carbonyl (C=O) groups is 1. The number of hydrogen-bond acceptors (Lipinski definition) is 5. The van der Waals surface area contributed by atoms with Gasteiger partial charge in [-0.05, 0) is 48.6 Å². The summed E-state index contributed by atoms with van der Waals surface area (Å²) in [4.78, 5) is 21.8. The predicted molar refractivity (Wildman–Crippen MR) is 141 cm³/mol. The van der Waals surface area contributed by atoms with Gasteiger partial charge >= 0.3 is 0 Å². The van der Waals surface area contributed by atoms with Crippen LogP contribution in [-0.4, -0.2) is 26.3 Å². The number of carbonyl (C=O) groups excluding carboxylic acids is 1. The van der Waals surface area contributed by atoms with Gasteiger partial charge in [0.2, 0.25) is 11.8 Å². The molecule has 0 saturated heterocycles. The molecule has 174 valence electrons. The SMILES string of the molecule is O=C(CSc1nc(/C=C2\C=c3ccccc3=N2)c(O)n1-c1ccccc1)Nc1cc(Cl)ccc1Cl. The lowest BCUT2D eigenvalue weighted by atomic mass is 10.2. The quantitative estimate of drug-likeness (QED) is 0.348. The maximum Gasteiger partial charge on any atom is 0.234 e. The van der Waals surface area contributed by atoms with Crippen LogP contribution in [0.25, 0.3) is 17.8 Å². The molecule has 2 heterocycles. The standard InChI is InChI=1S/C26H18Cl2N4O2S/c27-17-10-11-20(28)22(13-17)30-24(33)15-35-26-31-23(25(34)32(26)19-7-2-1-3-8-19)14-18-12-16-6-4-5-9-21(16)29-18/h1-14,34H,15H2,(H,30,33)/b18-14+. The molecule has 0 radical (unpaired) electrons. The van der Waals surface area contributed by atoms with Gasteiger partial charge in [0.1, 0.15) is 5.69 Å². The Kier molecular flexibility index (Phi) is 6.63. The van der Waals surface area contributed by atoms with E-state index in [1.807, 2.05) is 60.7 Å². The zero-order chi connectivity index (χ0) is 24.4. The van der Waals surface area contributed by atoms with Crippen molar-refractivity contribution in [2.45, 2.75) is 5.16 Å². The number of rotatable bonds is 6. The van der Waals surface area contributed by atoms with Crippen molar-refractivity contribution in [2.75, 3.05) is 11.1 Å². The van der Waals surface area contributed by atoms with E-state index in [1.165, 1.54) is 11.8 Å². The van der Waals surface area contributed by atoms with Crippen LogP contribution in [0.5, 0.6) is 5.88 Å². The second-order valence-electron chi connectivity index (χ2n) is 7.62. The largest absolute Gasteiger partial charge is 0.493 e. The molecule has 0 atom stereocenters. The molecule has 3 aromatic carbocycles. The number of imidazole rings is 1. The molecule has 1 aliphatic rings. The third-order valence-corrected chi connectivity index (χ3v) is 6.68. The lowest BCUT2D eigenvalue weighted by Gasteiger charge is -2.09. The maximum atomic E-state index is 12.6. The number of thioether (sulfide) groups is 1. The lowest BCUT2D eigenvalue weighted by Crippen LogP contribution is -2.19. The highest BCUT2D eigenvalue weighted by Crippen LogP contribution is 2.32. The maximum absolute atomic E-state index is 12.6. The number of halogens is 2. The Bertz CT molecular complexity index is 1550. The first kappa shape index (κ1) is 23.2. The molecule has 1 aliphatic heterocycles. The van der Waals surface area contributed by atoms with Gasteiger partial charge in [-0.3, -0.25) is 9.36 Å². The minimum Gasteiger partial charge on any atom is -0.493 e. The smallest absolute Gasteiger partial charge is 0.234 e. The third-order valence-electron chi connectivity index (χ3n) is 5.17. The fourth-order valence-corrected chi connectivity index (χ4v) is 4.73. The molecule has 1 amide bonds. The van der Waals surface area contributed by atoms with E-state index in [2.05, 4.69) is 15.3 Å². The van der Waals surface area contributed by atoms with E-state index in [0.29, 0.717) is 32.3 Å². The number of aromatic nitrogens is 2. The van der Waals surface area contributed by atoms with Gasteiger partial charge in [0.05, 0.1) is 33.2 Å². The van der Waals surface area contributed by atoms with Gasteiger partial charge in [-0.15, -0.1) is 0 Å². The van der Waals surface area contributed by atoms with Crippen LogP contribution in [0.3, 0.4) is 0 Å². The number of nitrogens with one attached hydrogen (secondary N) is 1. The van der Waals surface area contributed by atoms with Crippen molar-refractivity contribution in [3.63, 3.8) is 0 Å². The molecule has 0 fully saturated rings. The highest BCUT2D eigenvalue weighted by molar-refractivity contribution is 7.99. The van der Waals surface area contributed by atoms with E-state index in [0.717, 1.165) is 16.3 Å². The zero-order valence-corrected chi connectivity index (χ0v) is 20.5. The lowest BCUT2D eigenvalue weighted by molar-refractivity contribution is -0.113. The van der Waals surface area contributed by atoms with Gasteiger partial charge in [-0.1, -0.05) is 71.4 Å². The Morgan fingerprint density at radius 3 is 2.63 bits per heavy atom. The molecule has 6 nitrogen and oxygen atoms in total. The van der Waals surface area contributed by atoms with Gasteiger partial charge < -0.3 is 10.4 Å². The van der Waals surface area contributed by atoms with Crippen LogP contribution in [0.4, 0.5) is 5.69 Å². The van der Waals surface area contributed by atoms with Crippen LogP contribution < -0.4 is 15.9 Å². The minimum atomic E-state index is -0.282. The molecule has 5 rings (SSSR count). The summed E-state index contributed by atoms with van der Waals surface area (Å²) >= 11 is 13.4. The fraction of sp³-hybridized carbons (Fsp3) is 0.0385. The molecule has 1 aromatic heterocycles. The predicted octanol–water partition coefficient (Wildman–Crippen LogP) is 5.07. The first-order valence-corrected chi connectivity index (χ1v) is 12.3. The number of aromatic hydroxyl groups is 1. The first-order valence-electron chi connectivity index (χ1n) is 10.6. The third kappa shape index (κ3) is 5.12. The van der Waals surface area contributed by atoms with Crippen molar-refractivity contribution >= 4 is 58.7 Å². The summed E-state index contributed by atoms with van der Waals surface area (Å²) in [6, 6.07) is 22.0. The number of nitrogens with zero attached hydrogens (tertiary/aromatic N) is 3. The Hall–Kier alpha value is -3.52. The van der Waals surface area contributed by atoms with Crippen molar-refractivity contribution < 1.29 is 9.90 Å². The number of benzene rings is 3. The fourth-order valence-electron chi connectivity index (χ4n) is 3.58. The number of allylic oxidation sites excluding steroid dienone is 1. The summed E-state index contributed by atoms with van der Waals surface area (Å²) in [6.07, 6.45) is 3.66. The van der Waals surface area contributed by atoms with E-state index in [4.69, 9.17) is 23.2 Å². The molecular formula is C26H18Cl2N4O2S. The van der Waals surface area contributed by atoms with Gasteiger partial charge in [0.25, 0.3) is 0 Å². The second-order valence-corrected chi connectivity index (χ2v) is 9.41. The monoisotopic (exact) mass is 520 g/mol. The van der Waals surface area contributed by atoms with Gasteiger partial charge in [-0.2, -0.15) is 0 Å². The molecule has 35 heavy (non-hydrogen) atoms. The Labute approximate surface area is 215 Å². The average molecular weight is 521 g/mol. The summed E-state index contributed by atoms with van der Waals surface area (Å²) in [5.41, 5.74) is 2.20. The van der Waals surface area contributed by atoms with Crippen LogP contribution in [0.2, 0.25) is 10.0 Å². The molecule has 9 heteroatoms. The Morgan fingerprint density at radius 1 is 1.06 bits per heavy atom. The van der Waals surface area contributed by atoms with Crippen molar-refractivity contribution in [3.8, 4) is 11.6 Å². The van der Waals surface area contributed by atoms with E-state index < -0.39 is 0 Å². The Morgan fingerprint density at radius 2 is 1.83 bits per heavy atom. The van der Waals surface area contributed by atoms with Gasteiger partial charge in [-0.25, -0.2) is 9.98 Å². The first-order chi connectivity index (χ1) is 17.0. The Balaban J connectivity index is 1.44. The van der Waals surface area contributed by atoms with Crippen LogP contribution in [0.15, 0.2) is 88.6 Å². The molecular weight excluding hydrogens is 503 g/mol. The van der Waals surface area contributed by atoms with Crippen molar-refractivity contribution in [3.05, 3.63) is 105 Å². The van der Waals surface area contributed by atoms with Gasteiger partial charge in [0.15, 0.2) is 5.16 Å². The number of hydrogen-bond donors (Lipinski definition) is 2. The number of amides is 1. The van der Waals surface area contributed by atoms with E-state index in [9.17, 15) is 9.90 Å². The summed E-state index contributed by atoms with van der Waals surface area (Å²) < 4.78 is 1.61. The zero-order valence-electron chi connectivity index (χ0n) is 18.2. The van der Waals surface area contributed by atoms with Gasteiger partial charge in [0, 0.05) is 10.2 Å². The average Bonchev–Trinajstić information content (AvgIpc) is 3.41. The summed E-state index contributed by atoms with van der Waals surface area (Å²) in [5, 5.41) is 17.0. The summed E-state index contributed by atoms with van der Waals surface area (Å²) in [5.74, 6) is -0.274. The molecule has 0 aliphatic carbocycles. The number of para-hydroxylation sites is 2. The highest BCUT2D eigenvalue weighted by Gasteiger charge is 2.19. The van der Waals surface area contributed by atoms with Crippen molar-refractivity contribution in [1.82, 2.24) is 9.55 Å². The molecule has 0 spiro atoms. The van der Waals surface area contributed by atoms with E-state index in [1.54, 1.807) is 28.8 Å². The molecule has 4 aromatic rings. The van der Waals surface area contributed by atoms with E-state index in [-0.39, 0.29) is 17.5 Å². The van der Waals surface area contributed by atoms with Crippen LogP contribution in [-0.2, 0) is 4.79 Å². The second kappa shape index (κ2) is 10.00. The van der Waals surface area contributed by atoms with Crippen LogP contribution in [0.1, 0.15) is 5.69 Å².